The van der Waals surface area contributed by atoms with Crippen LogP contribution >= 0.6 is 0 Å². The van der Waals surface area contributed by atoms with Gasteiger partial charge in [-0.3, -0.25) is 9.59 Å². The molecular formula is C14H17NO5. The number of carbonyl (C=O) groups excluding carboxylic acids is 1. The average Bonchev–Trinajstić information content (AvgIpc) is 2.74. The van der Waals surface area contributed by atoms with Crippen LogP contribution in [-0.4, -0.2) is 43.2 Å². The summed E-state index contributed by atoms with van der Waals surface area (Å²) in [5.41, 5.74) is 0.646. The molecule has 6 heteroatoms. The van der Waals surface area contributed by atoms with Crippen molar-refractivity contribution < 1.29 is 24.2 Å². The van der Waals surface area contributed by atoms with Crippen LogP contribution in [0.4, 0.5) is 0 Å². The zero-order valence-corrected chi connectivity index (χ0v) is 11.6. The number of likely N-dealkylation sites (tertiary alicyclic amines) is 1. The van der Waals surface area contributed by atoms with Crippen LogP contribution in [0.25, 0.3) is 0 Å². The number of rotatable bonds is 4. The second-order valence-electron chi connectivity index (χ2n) is 4.68. The normalized spacial score (nSPS) is 21.9. The molecule has 108 valence electrons. The van der Waals surface area contributed by atoms with E-state index >= 15 is 0 Å². The quantitative estimate of drug-likeness (QED) is 0.899. The van der Waals surface area contributed by atoms with Crippen LogP contribution in [-0.2, 0) is 9.59 Å². The lowest BCUT2D eigenvalue weighted by atomic mass is 9.93. The maximum atomic E-state index is 11.8. The standard InChI is InChI=1S/C14H17NO5/c1-15-11(16)7-9(14(17)18)12(15)8-5-4-6-10(19-2)13(8)20-3/h4-6,9,12H,7H2,1-3H3,(H,17,18). The Morgan fingerprint density at radius 2 is 2.05 bits per heavy atom. The van der Waals surface area contributed by atoms with Crippen molar-refractivity contribution >= 4 is 11.9 Å². The first-order chi connectivity index (χ1) is 9.51. The minimum absolute atomic E-state index is 0.00311. The van der Waals surface area contributed by atoms with Gasteiger partial charge in [0, 0.05) is 19.0 Å². The molecule has 2 unspecified atom stereocenters. The summed E-state index contributed by atoms with van der Waals surface area (Å²) < 4.78 is 10.6. The number of hydrogen-bond acceptors (Lipinski definition) is 4. The van der Waals surface area contributed by atoms with Crippen molar-refractivity contribution in [3.05, 3.63) is 23.8 Å². The van der Waals surface area contributed by atoms with Crippen molar-refractivity contribution in [1.82, 2.24) is 4.90 Å². The number of methoxy groups -OCH3 is 2. The lowest BCUT2D eigenvalue weighted by molar-refractivity contribution is -0.142. The van der Waals surface area contributed by atoms with Crippen molar-refractivity contribution in [2.45, 2.75) is 12.5 Å². The molecule has 1 aromatic rings. The van der Waals surface area contributed by atoms with Crippen molar-refractivity contribution in [3.8, 4) is 11.5 Å². The molecule has 6 nitrogen and oxygen atoms in total. The summed E-state index contributed by atoms with van der Waals surface area (Å²) in [4.78, 5) is 24.7. The van der Waals surface area contributed by atoms with Crippen molar-refractivity contribution in [2.24, 2.45) is 5.92 Å². The Kier molecular flexibility index (Phi) is 3.83. The fraction of sp³-hybridized carbons (Fsp3) is 0.429. The van der Waals surface area contributed by atoms with Gasteiger partial charge < -0.3 is 19.5 Å². The molecule has 0 saturated carbocycles. The average molecular weight is 279 g/mol. The highest BCUT2D eigenvalue weighted by molar-refractivity contribution is 5.87. The third kappa shape index (κ3) is 2.17. The maximum Gasteiger partial charge on any atom is 0.309 e. The first kappa shape index (κ1) is 14.2. The predicted octanol–water partition coefficient (Wildman–Crippen LogP) is 1.31. The molecule has 1 saturated heterocycles. The van der Waals surface area contributed by atoms with E-state index < -0.39 is 17.9 Å². The van der Waals surface area contributed by atoms with E-state index in [1.165, 1.54) is 19.1 Å². The van der Waals surface area contributed by atoms with E-state index in [1.54, 1.807) is 25.2 Å². The topological polar surface area (TPSA) is 76.1 Å². The molecule has 2 rings (SSSR count). The molecule has 0 bridgehead atoms. The number of ether oxygens (including phenoxy) is 2. The first-order valence-electron chi connectivity index (χ1n) is 6.20. The molecule has 0 aliphatic carbocycles. The zero-order chi connectivity index (χ0) is 14.9. The Labute approximate surface area is 116 Å². The molecule has 1 amide bonds. The summed E-state index contributed by atoms with van der Waals surface area (Å²) in [7, 11) is 4.61. The van der Waals surface area contributed by atoms with Crippen LogP contribution in [0.1, 0.15) is 18.0 Å². The molecule has 1 fully saturated rings. The van der Waals surface area contributed by atoms with E-state index in [0.717, 1.165) is 0 Å². The van der Waals surface area contributed by atoms with Gasteiger partial charge in [-0.2, -0.15) is 0 Å². The smallest absolute Gasteiger partial charge is 0.309 e. The molecule has 20 heavy (non-hydrogen) atoms. The van der Waals surface area contributed by atoms with E-state index in [-0.39, 0.29) is 12.3 Å². The van der Waals surface area contributed by atoms with Gasteiger partial charge in [-0.1, -0.05) is 12.1 Å². The fourth-order valence-corrected chi connectivity index (χ4v) is 2.66. The number of carbonyl (C=O) groups is 2. The predicted molar refractivity (Wildman–Crippen MR) is 70.8 cm³/mol. The molecule has 1 aromatic carbocycles. The number of benzene rings is 1. The van der Waals surface area contributed by atoms with Crippen molar-refractivity contribution in [1.29, 1.82) is 0 Å². The Balaban J connectivity index is 2.53. The minimum Gasteiger partial charge on any atom is -0.493 e. The van der Waals surface area contributed by atoms with Crippen LogP contribution in [0.3, 0.4) is 0 Å². The van der Waals surface area contributed by atoms with Gasteiger partial charge in [-0.25, -0.2) is 0 Å². The number of nitrogens with zero attached hydrogens (tertiary/aromatic N) is 1. The Morgan fingerprint density at radius 1 is 1.35 bits per heavy atom. The Morgan fingerprint density at radius 3 is 2.60 bits per heavy atom. The first-order valence-corrected chi connectivity index (χ1v) is 6.20. The molecule has 0 spiro atoms. The molecular weight excluding hydrogens is 262 g/mol. The van der Waals surface area contributed by atoms with Crippen LogP contribution in [0.15, 0.2) is 18.2 Å². The molecule has 1 aliphatic rings. The van der Waals surface area contributed by atoms with Crippen molar-refractivity contribution in [2.75, 3.05) is 21.3 Å². The number of aliphatic carboxylic acids is 1. The number of amides is 1. The monoisotopic (exact) mass is 279 g/mol. The Bertz CT molecular complexity index is 542. The van der Waals surface area contributed by atoms with Gasteiger partial charge in [-0.15, -0.1) is 0 Å². The lowest BCUT2D eigenvalue weighted by Crippen LogP contribution is -2.27. The number of carboxylic acids is 1. The second-order valence-corrected chi connectivity index (χ2v) is 4.68. The SMILES string of the molecule is COc1cccc(C2C(C(=O)O)CC(=O)N2C)c1OC. The molecule has 0 aromatic heterocycles. The van der Waals surface area contributed by atoms with Gasteiger partial charge in [0.25, 0.3) is 0 Å². The highest BCUT2D eigenvalue weighted by atomic mass is 16.5. The Hall–Kier alpha value is -2.24. The summed E-state index contributed by atoms with van der Waals surface area (Å²) in [6.07, 6.45) is -0.00311. The van der Waals surface area contributed by atoms with E-state index in [1.807, 2.05) is 0 Å². The molecule has 2 atom stereocenters. The molecule has 1 aliphatic heterocycles. The van der Waals surface area contributed by atoms with Gasteiger partial charge in [0.15, 0.2) is 11.5 Å². The number of carboxylic acid groups (broad SMARTS) is 1. The van der Waals surface area contributed by atoms with Crippen LogP contribution in [0.2, 0.25) is 0 Å². The summed E-state index contributed by atoms with van der Waals surface area (Å²) in [6.45, 7) is 0. The lowest BCUT2D eigenvalue weighted by Gasteiger charge is -2.25. The van der Waals surface area contributed by atoms with Crippen molar-refractivity contribution in [3.63, 3.8) is 0 Å². The van der Waals surface area contributed by atoms with E-state index in [2.05, 4.69) is 0 Å². The third-order valence-electron chi connectivity index (χ3n) is 3.66. The minimum atomic E-state index is -0.988. The van der Waals surface area contributed by atoms with Gasteiger partial charge in [0.1, 0.15) is 0 Å². The number of para-hydroxylation sites is 1. The van der Waals surface area contributed by atoms with E-state index in [9.17, 15) is 14.7 Å². The van der Waals surface area contributed by atoms with E-state index in [4.69, 9.17) is 9.47 Å². The highest BCUT2D eigenvalue weighted by Crippen LogP contribution is 2.44. The summed E-state index contributed by atoms with van der Waals surface area (Å²) in [5, 5.41) is 9.32. The molecule has 1 heterocycles. The summed E-state index contributed by atoms with van der Waals surface area (Å²) in [5.74, 6) is -0.979. The van der Waals surface area contributed by atoms with Gasteiger partial charge in [0.05, 0.1) is 26.2 Å². The van der Waals surface area contributed by atoms with Gasteiger partial charge in [0.2, 0.25) is 5.91 Å². The number of hydrogen-bond donors (Lipinski definition) is 1. The maximum absolute atomic E-state index is 11.8. The third-order valence-corrected chi connectivity index (χ3v) is 3.66. The van der Waals surface area contributed by atoms with Gasteiger partial charge >= 0.3 is 5.97 Å². The van der Waals surface area contributed by atoms with Crippen LogP contribution < -0.4 is 9.47 Å². The summed E-state index contributed by atoms with van der Waals surface area (Å²) in [6, 6.07) is 4.70. The van der Waals surface area contributed by atoms with Gasteiger partial charge in [-0.05, 0) is 6.07 Å². The largest absolute Gasteiger partial charge is 0.493 e. The fourth-order valence-electron chi connectivity index (χ4n) is 2.66. The van der Waals surface area contributed by atoms with Crippen LogP contribution in [0.5, 0.6) is 11.5 Å². The highest BCUT2D eigenvalue weighted by Gasteiger charge is 2.44. The van der Waals surface area contributed by atoms with Crippen LogP contribution in [0, 0.1) is 5.92 Å². The molecule has 0 radical (unpaired) electrons. The summed E-state index contributed by atoms with van der Waals surface area (Å²) >= 11 is 0. The zero-order valence-electron chi connectivity index (χ0n) is 11.6. The van der Waals surface area contributed by atoms with E-state index in [0.29, 0.717) is 17.1 Å². The second kappa shape index (κ2) is 5.40. The molecule has 1 N–H and O–H groups in total.